The number of pyridine rings is 2. The highest BCUT2D eigenvalue weighted by Crippen LogP contribution is 2.32. The second-order valence-corrected chi connectivity index (χ2v) is 9.35. The van der Waals surface area contributed by atoms with Gasteiger partial charge >= 0.3 is 5.69 Å². The van der Waals surface area contributed by atoms with Crippen molar-refractivity contribution in [3.8, 4) is 17.0 Å². The summed E-state index contributed by atoms with van der Waals surface area (Å²) in [5, 5.41) is 0.986. The molecule has 0 atom stereocenters. The molecule has 4 aromatic rings. The molecule has 3 aromatic heterocycles. The molecule has 0 aliphatic carbocycles. The maximum absolute atomic E-state index is 13.4. The molecule has 4 heterocycles. The summed E-state index contributed by atoms with van der Waals surface area (Å²) in [5.41, 5.74) is 4.79. The van der Waals surface area contributed by atoms with Crippen LogP contribution in [-0.2, 0) is 11.3 Å². The number of rotatable bonds is 8. The minimum absolute atomic E-state index is 0.0338. The van der Waals surface area contributed by atoms with Gasteiger partial charge in [-0.25, -0.2) is 9.78 Å². The summed E-state index contributed by atoms with van der Waals surface area (Å²) in [7, 11) is 4.11. The molecule has 0 amide bonds. The van der Waals surface area contributed by atoms with Crippen LogP contribution in [0.3, 0.4) is 0 Å². The topological polar surface area (TPSA) is 74.4 Å². The van der Waals surface area contributed by atoms with E-state index in [4.69, 9.17) is 9.47 Å². The summed E-state index contributed by atoms with van der Waals surface area (Å²) < 4.78 is 15.2. The van der Waals surface area contributed by atoms with Crippen LogP contribution in [0.1, 0.15) is 32.2 Å². The van der Waals surface area contributed by atoms with Crippen molar-refractivity contribution in [3.63, 3.8) is 0 Å². The van der Waals surface area contributed by atoms with E-state index in [0.717, 1.165) is 58.9 Å². The van der Waals surface area contributed by atoms with Crippen molar-refractivity contribution in [2.75, 3.05) is 40.5 Å². The summed E-state index contributed by atoms with van der Waals surface area (Å²) in [6.07, 6.45) is 6.31. The molecule has 1 aliphatic rings. The van der Waals surface area contributed by atoms with Crippen molar-refractivity contribution < 1.29 is 9.47 Å². The van der Waals surface area contributed by atoms with Gasteiger partial charge in [0, 0.05) is 55.6 Å². The van der Waals surface area contributed by atoms with E-state index in [1.807, 2.05) is 46.7 Å². The molecule has 5 rings (SSSR count). The standard InChI is InChI=1S/C27H33N5O3/c1-4-31-24-18-28-23-8-6-19(20-7-9-25(29-17-20)35-13-5-12-30(2)3)16-22(23)26(24)32(27(31)33)21-10-14-34-15-11-21/h6-9,16-18,21H,4-5,10-15H2,1-3H3. The Morgan fingerprint density at radius 2 is 1.89 bits per heavy atom. The highest BCUT2D eigenvalue weighted by atomic mass is 16.5. The van der Waals surface area contributed by atoms with Gasteiger partial charge in [0.1, 0.15) is 0 Å². The van der Waals surface area contributed by atoms with Gasteiger partial charge in [-0.15, -0.1) is 0 Å². The van der Waals surface area contributed by atoms with Crippen molar-refractivity contribution in [1.82, 2.24) is 24.0 Å². The van der Waals surface area contributed by atoms with Gasteiger partial charge in [0.05, 0.1) is 29.4 Å². The number of fused-ring (bicyclic) bond motifs is 3. The zero-order valence-corrected chi connectivity index (χ0v) is 20.7. The van der Waals surface area contributed by atoms with E-state index in [-0.39, 0.29) is 11.7 Å². The molecule has 0 bridgehead atoms. The lowest BCUT2D eigenvalue weighted by Crippen LogP contribution is -2.30. The Balaban J connectivity index is 1.53. The number of benzene rings is 1. The maximum atomic E-state index is 13.4. The van der Waals surface area contributed by atoms with Gasteiger partial charge in [-0.1, -0.05) is 6.07 Å². The Morgan fingerprint density at radius 1 is 1.09 bits per heavy atom. The number of aryl methyl sites for hydroxylation is 1. The van der Waals surface area contributed by atoms with Crippen LogP contribution in [0.2, 0.25) is 0 Å². The number of nitrogens with zero attached hydrogens (tertiary/aromatic N) is 5. The molecule has 0 saturated carbocycles. The van der Waals surface area contributed by atoms with Crippen molar-refractivity contribution >= 4 is 21.9 Å². The monoisotopic (exact) mass is 475 g/mol. The summed E-state index contributed by atoms with van der Waals surface area (Å²) in [5.74, 6) is 0.630. The highest BCUT2D eigenvalue weighted by molar-refractivity contribution is 6.04. The Bertz CT molecular complexity index is 1370. The van der Waals surface area contributed by atoms with Crippen molar-refractivity contribution in [3.05, 3.63) is 53.2 Å². The lowest BCUT2D eigenvalue weighted by atomic mass is 10.0. The third-order valence-electron chi connectivity index (χ3n) is 6.73. The lowest BCUT2D eigenvalue weighted by Gasteiger charge is -2.23. The van der Waals surface area contributed by atoms with Gasteiger partial charge in [-0.3, -0.25) is 14.1 Å². The van der Waals surface area contributed by atoms with Crippen molar-refractivity contribution in [2.45, 2.75) is 38.8 Å². The average Bonchev–Trinajstić information content (AvgIpc) is 3.18. The fourth-order valence-corrected chi connectivity index (χ4v) is 4.91. The molecule has 0 N–H and O–H groups in total. The summed E-state index contributed by atoms with van der Waals surface area (Å²) in [6.45, 7) is 5.60. The highest BCUT2D eigenvalue weighted by Gasteiger charge is 2.24. The zero-order valence-electron chi connectivity index (χ0n) is 20.7. The SMILES string of the molecule is CCn1c(=O)n(C2CCOCC2)c2c3cc(-c4ccc(OCCCN(C)C)nc4)ccc3ncc21. The fraction of sp³-hybridized carbons (Fsp3) is 0.444. The van der Waals surface area contributed by atoms with Crippen molar-refractivity contribution in [2.24, 2.45) is 0 Å². The van der Waals surface area contributed by atoms with Gasteiger partial charge in [0.15, 0.2) is 0 Å². The molecule has 0 unspecified atom stereocenters. The second kappa shape index (κ2) is 10.2. The minimum atomic E-state index is 0.0338. The molecule has 0 radical (unpaired) electrons. The van der Waals surface area contributed by atoms with Crippen LogP contribution in [0.15, 0.2) is 47.5 Å². The Kier molecular flexibility index (Phi) is 6.83. The first-order chi connectivity index (χ1) is 17.1. The first-order valence-corrected chi connectivity index (χ1v) is 12.4. The molecule has 8 heteroatoms. The van der Waals surface area contributed by atoms with Crippen LogP contribution in [0.5, 0.6) is 5.88 Å². The largest absolute Gasteiger partial charge is 0.478 e. The van der Waals surface area contributed by atoms with Crippen LogP contribution in [0, 0.1) is 0 Å². The normalized spacial score (nSPS) is 14.9. The van der Waals surface area contributed by atoms with Gasteiger partial charge < -0.3 is 14.4 Å². The summed E-state index contributed by atoms with van der Waals surface area (Å²) >= 11 is 0. The molecular formula is C27H33N5O3. The number of imidazole rings is 1. The predicted octanol–water partition coefficient (Wildman–Crippen LogP) is 4.12. The average molecular weight is 476 g/mol. The molecular weight excluding hydrogens is 442 g/mol. The van der Waals surface area contributed by atoms with Gasteiger partial charge in [0.2, 0.25) is 5.88 Å². The molecule has 184 valence electrons. The Hall–Kier alpha value is -3.23. The van der Waals surface area contributed by atoms with E-state index in [2.05, 4.69) is 41.1 Å². The third kappa shape index (κ3) is 4.68. The quantitative estimate of drug-likeness (QED) is 0.357. The van der Waals surface area contributed by atoms with E-state index < -0.39 is 0 Å². The number of ether oxygens (including phenoxy) is 2. The number of hydrogen-bond donors (Lipinski definition) is 0. The molecule has 1 saturated heterocycles. The second-order valence-electron chi connectivity index (χ2n) is 9.35. The van der Waals surface area contributed by atoms with Crippen LogP contribution < -0.4 is 10.4 Å². The van der Waals surface area contributed by atoms with E-state index >= 15 is 0 Å². The van der Waals surface area contributed by atoms with Crippen LogP contribution in [-0.4, -0.2) is 64.5 Å². The minimum Gasteiger partial charge on any atom is -0.478 e. The first-order valence-electron chi connectivity index (χ1n) is 12.4. The summed E-state index contributed by atoms with van der Waals surface area (Å²) in [6, 6.07) is 10.3. The van der Waals surface area contributed by atoms with E-state index in [9.17, 15) is 4.79 Å². The van der Waals surface area contributed by atoms with Crippen LogP contribution in [0.4, 0.5) is 0 Å². The Morgan fingerprint density at radius 3 is 2.60 bits per heavy atom. The molecule has 1 aromatic carbocycles. The third-order valence-corrected chi connectivity index (χ3v) is 6.73. The number of aromatic nitrogens is 4. The maximum Gasteiger partial charge on any atom is 0.329 e. The van der Waals surface area contributed by atoms with E-state index in [0.29, 0.717) is 32.2 Å². The number of hydrogen-bond acceptors (Lipinski definition) is 6. The Labute approximate surface area is 205 Å². The summed E-state index contributed by atoms with van der Waals surface area (Å²) in [4.78, 5) is 24.8. The van der Waals surface area contributed by atoms with Crippen molar-refractivity contribution in [1.29, 1.82) is 0 Å². The van der Waals surface area contributed by atoms with Gasteiger partial charge in [-0.05, 0) is 64.0 Å². The van der Waals surface area contributed by atoms with Gasteiger partial charge in [-0.2, -0.15) is 0 Å². The smallest absolute Gasteiger partial charge is 0.329 e. The molecule has 8 nitrogen and oxygen atoms in total. The van der Waals surface area contributed by atoms with Crippen LogP contribution in [0.25, 0.3) is 33.1 Å². The molecule has 0 spiro atoms. The van der Waals surface area contributed by atoms with E-state index in [1.165, 1.54) is 0 Å². The lowest BCUT2D eigenvalue weighted by molar-refractivity contribution is 0.0696. The first kappa shape index (κ1) is 23.5. The molecule has 1 fully saturated rings. The predicted molar refractivity (Wildman–Crippen MR) is 138 cm³/mol. The molecule has 1 aliphatic heterocycles. The fourth-order valence-electron chi connectivity index (χ4n) is 4.91. The molecule has 35 heavy (non-hydrogen) atoms. The van der Waals surface area contributed by atoms with E-state index in [1.54, 1.807) is 0 Å². The zero-order chi connectivity index (χ0) is 24.4. The van der Waals surface area contributed by atoms with Gasteiger partial charge in [0.25, 0.3) is 0 Å². The van der Waals surface area contributed by atoms with Crippen LogP contribution >= 0.6 is 0 Å².